The molecule has 2 aliphatic rings. The lowest BCUT2D eigenvalue weighted by Gasteiger charge is -2.28. The summed E-state index contributed by atoms with van der Waals surface area (Å²) in [6.07, 6.45) is 4.38. The second-order valence-electron chi connectivity index (χ2n) is 6.09. The van der Waals surface area contributed by atoms with E-state index < -0.39 is 14.6 Å². The molecule has 1 aromatic rings. The third-order valence-electron chi connectivity index (χ3n) is 4.66. The Kier molecular flexibility index (Phi) is 3.18. The van der Waals surface area contributed by atoms with Crippen LogP contribution in [-0.4, -0.2) is 37.2 Å². The lowest BCUT2D eigenvalue weighted by Crippen LogP contribution is -2.39. The van der Waals surface area contributed by atoms with Gasteiger partial charge < -0.3 is 0 Å². The maximum atomic E-state index is 12.9. The van der Waals surface area contributed by atoms with Gasteiger partial charge in [0.2, 0.25) is 0 Å². The Labute approximate surface area is 115 Å². The number of benzene rings is 1. The molecule has 2 saturated heterocycles. The number of sulfone groups is 1. The highest BCUT2D eigenvalue weighted by Crippen LogP contribution is 2.40. The first-order valence-corrected chi connectivity index (χ1v) is 8.55. The van der Waals surface area contributed by atoms with Crippen LogP contribution in [0, 0.1) is 0 Å². The molecule has 3 nitrogen and oxygen atoms in total. The van der Waals surface area contributed by atoms with Crippen LogP contribution < -0.4 is 0 Å². The van der Waals surface area contributed by atoms with E-state index in [0.29, 0.717) is 17.5 Å². The van der Waals surface area contributed by atoms with Gasteiger partial charge in [-0.3, -0.25) is 4.90 Å². The van der Waals surface area contributed by atoms with E-state index in [1.54, 1.807) is 24.3 Å². The van der Waals surface area contributed by atoms with Gasteiger partial charge in [-0.15, -0.1) is 0 Å². The molecule has 0 amide bonds. The summed E-state index contributed by atoms with van der Waals surface area (Å²) in [7, 11) is -3.24. The summed E-state index contributed by atoms with van der Waals surface area (Å²) in [5.74, 6) is 0. The van der Waals surface area contributed by atoms with Gasteiger partial charge in [0.1, 0.15) is 0 Å². The van der Waals surface area contributed by atoms with Gasteiger partial charge in [-0.05, 0) is 44.9 Å². The van der Waals surface area contributed by atoms with Crippen molar-refractivity contribution < 1.29 is 8.42 Å². The van der Waals surface area contributed by atoms with Crippen molar-refractivity contribution in [3.05, 3.63) is 30.3 Å². The van der Waals surface area contributed by atoms with Crippen LogP contribution in [0.4, 0.5) is 0 Å². The van der Waals surface area contributed by atoms with Gasteiger partial charge in [-0.2, -0.15) is 0 Å². The van der Waals surface area contributed by atoms with Crippen LogP contribution in [0.2, 0.25) is 0 Å². The second-order valence-corrected chi connectivity index (χ2v) is 8.55. The largest absolute Gasteiger partial charge is 0.299 e. The van der Waals surface area contributed by atoms with Crippen molar-refractivity contribution in [2.24, 2.45) is 0 Å². The molecule has 3 rings (SSSR count). The average molecular weight is 279 g/mol. The van der Waals surface area contributed by atoms with Gasteiger partial charge in [-0.1, -0.05) is 24.6 Å². The SMILES string of the molecule is CC1(S(=O)(=O)c2ccccc2)C[C@H]2CCCCN2C1. The standard InChI is InChI=1S/C15H21NO2S/c1-15(11-13-7-5-6-10-16(13)12-15)19(17,18)14-8-3-2-4-9-14/h2-4,8-9,13H,5-7,10-12H2,1H3/t13-,15?/m1/s1. The zero-order chi connectivity index (χ0) is 13.5. The topological polar surface area (TPSA) is 37.4 Å². The highest BCUT2D eigenvalue weighted by Gasteiger charge is 2.50. The molecule has 0 aliphatic carbocycles. The summed E-state index contributed by atoms with van der Waals surface area (Å²) in [5, 5.41) is 0. The van der Waals surface area contributed by atoms with Gasteiger partial charge in [0.05, 0.1) is 9.64 Å². The van der Waals surface area contributed by atoms with Crippen LogP contribution in [-0.2, 0) is 9.84 Å². The molecule has 19 heavy (non-hydrogen) atoms. The van der Waals surface area contributed by atoms with Crippen molar-refractivity contribution in [1.29, 1.82) is 0 Å². The Balaban J connectivity index is 1.93. The van der Waals surface area contributed by atoms with E-state index in [1.807, 2.05) is 13.0 Å². The number of hydrogen-bond donors (Lipinski definition) is 0. The molecule has 2 fully saturated rings. The molecule has 1 unspecified atom stereocenters. The van der Waals surface area contributed by atoms with E-state index in [4.69, 9.17) is 0 Å². The van der Waals surface area contributed by atoms with E-state index in [-0.39, 0.29) is 0 Å². The highest BCUT2D eigenvalue weighted by atomic mass is 32.2. The zero-order valence-corrected chi connectivity index (χ0v) is 12.2. The average Bonchev–Trinajstić information content (AvgIpc) is 2.77. The van der Waals surface area contributed by atoms with Crippen molar-refractivity contribution in [2.45, 2.75) is 48.3 Å². The monoisotopic (exact) mass is 279 g/mol. The van der Waals surface area contributed by atoms with Crippen LogP contribution >= 0.6 is 0 Å². The van der Waals surface area contributed by atoms with E-state index in [2.05, 4.69) is 4.90 Å². The van der Waals surface area contributed by atoms with Crippen LogP contribution in [0.15, 0.2) is 35.2 Å². The number of rotatable bonds is 2. The number of fused-ring (bicyclic) bond motifs is 1. The van der Waals surface area contributed by atoms with Gasteiger partial charge in [0.15, 0.2) is 9.84 Å². The predicted molar refractivity (Wildman–Crippen MR) is 75.9 cm³/mol. The molecule has 0 aromatic heterocycles. The number of piperidine rings is 1. The Hall–Kier alpha value is -0.870. The molecule has 0 radical (unpaired) electrons. The van der Waals surface area contributed by atoms with Crippen molar-refractivity contribution in [3.8, 4) is 0 Å². The summed E-state index contributed by atoms with van der Waals surface area (Å²) < 4.78 is 25.1. The van der Waals surface area contributed by atoms with E-state index in [9.17, 15) is 8.42 Å². The maximum absolute atomic E-state index is 12.9. The van der Waals surface area contributed by atoms with Crippen molar-refractivity contribution >= 4 is 9.84 Å². The molecule has 0 spiro atoms. The zero-order valence-electron chi connectivity index (χ0n) is 11.4. The predicted octanol–water partition coefficient (Wildman–Crippen LogP) is 2.48. The minimum absolute atomic E-state index is 0.470. The molecule has 4 heteroatoms. The molecule has 0 saturated carbocycles. The maximum Gasteiger partial charge on any atom is 0.185 e. The van der Waals surface area contributed by atoms with Crippen LogP contribution in [0.5, 0.6) is 0 Å². The Morgan fingerprint density at radius 3 is 2.63 bits per heavy atom. The summed E-state index contributed by atoms with van der Waals surface area (Å²) in [5.41, 5.74) is 0. The van der Waals surface area contributed by atoms with Crippen LogP contribution in [0.25, 0.3) is 0 Å². The fourth-order valence-electron chi connectivity index (χ4n) is 3.57. The Bertz CT molecular complexity index is 539. The van der Waals surface area contributed by atoms with E-state index in [0.717, 1.165) is 19.4 Å². The lowest BCUT2D eigenvalue weighted by atomic mass is 10.0. The third kappa shape index (κ3) is 2.11. The summed E-state index contributed by atoms with van der Waals surface area (Å²) in [6.45, 7) is 3.67. The van der Waals surface area contributed by atoms with Crippen LogP contribution in [0.1, 0.15) is 32.6 Å². The fourth-order valence-corrected chi connectivity index (χ4v) is 5.40. The normalized spacial score (nSPS) is 32.2. The van der Waals surface area contributed by atoms with Gasteiger partial charge in [-0.25, -0.2) is 8.42 Å². The summed E-state index contributed by atoms with van der Waals surface area (Å²) in [4.78, 5) is 2.85. The quantitative estimate of drug-likeness (QED) is 0.834. The van der Waals surface area contributed by atoms with Crippen molar-refractivity contribution in [1.82, 2.24) is 4.90 Å². The van der Waals surface area contributed by atoms with E-state index >= 15 is 0 Å². The van der Waals surface area contributed by atoms with E-state index in [1.165, 1.54) is 12.8 Å². The molecule has 104 valence electrons. The highest BCUT2D eigenvalue weighted by molar-refractivity contribution is 7.92. The molecular weight excluding hydrogens is 258 g/mol. The molecule has 2 heterocycles. The summed E-state index contributed by atoms with van der Waals surface area (Å²) >= 11 is 0. The molecule has 2 atom stereocenters. The van der Waals surface area contributed by atoms with Crippen molar-refractivity contribution in [3.63, 3.8) is 0 Å². The lowest BCUT2D eigenvalue weighted by molar-refractivity contribution is 0.197. The Morgan fingerprint density at radius 1 is 1.21 bits per heavy atom. The van der Waals surface area contributed by atoms with Gasteiger partial charge in [0, 0.05) is 12.6 Å². The molecular formula is C15H21NO2S. The number of nitrogens with zero attached hydrogens (tertiary/aromatic N) is 1. The smallest absolute Gasteiger partial charge is 0.185 e. The van der Waals surface area contributed by atoms with Gasteiger partial charge >= 0.3 is 0 Å². The molecule has 1 aromatic carbocycles. The Morgan fingerprint density at radius 2 is 1.95 bits per heavy atom. The summed E-state index contributed by atoms with van der Waals surface area (Å²) in [6, 6.07) is 9.38. The first-order valence-electron chi connectivity index (χ1n) is 7.07. The second kappa shape index (κ2) is 4.60. The van der Waals surface area contributed by atoms with Crippen molar-refractivity contribution in [2.75, 3.05) is 13.1 Å². The molecule has 0 bridgehead atoms. The number of hydrogen-bond acceptors (Lipinski definition) is 3. The van der Waals surface area contributed by atoms with Gasteiger partial charge in [0.25, 0.3) is 0 Å². The minimum Gasteiger partial charge on any atom is -0.299 e. The van der Waals surface area contributed by atoms with Crippen LogP contribution in [0.3, 0.4) is 0 Å². The first-order chi connectivity index (χ1) is 9.03. The minimum atomic E-state index is -3.24. The third-order valence-corrected chi connectivity index (χ3v) is 7.14. The molecule has 2 aliphatic heterocycles. The fraction of sp³-hybridized carbons (Fsp3) is 0.600. The molecule has 0 N–H and O–H groups in total. The first kappa shape index (κ1) is 13.1.